The van der Waals surface area contributed by atoms with E-state index in [1.54, 1.807) is 0 Å². The summed E-state index contributed by atoms with van der Waals surface area (Å²) in [6.07, 6.45) is 10.4. The van der Waals surface area contributed by atoms with Gasteiger partial charge in [0.05, 0.1) is 0 Å². The van der Waals surface area contributed by atoms with Crippen LogP contribution in [0.25, 0.3) is 0 Å². The van der Waals surface area contributed by atoms with E-state index in [2.05, 4.69) is 10.6 Å². The second-order valence-corrected chi connectivity index (χ2v) is 3.65. The van der Waals surface area contributed by atoms with Crippen LogP contribution in [0.1, 0.15) is 6.42 Å². The van der Waals surface area contributed by atoms with Crippen molar-refractivity contribution in [3.63, 3.8) is 0 Å². The summed E-state index contributed by atoms with van der Waals surface area (Å²) in [6, 6.07) is 9.15. The molecule has 0 spiro atoms. The minimum atomic E-state index is -0.217. The molecule has 1 aromatic carbocycles. The maximum atomic E-state index is 11.7. The Morgan fingerprint density at radius 2 is 1.82 bits per heavy atom. The highest BCUT2D eigenvalue weighted by molar-refractivity contribution is 5.90. The molecule has 0 unspecified atom stereocenters. The highest BCUT2D eigenvalue weighted by atomic mass is 16.2. The van der Waals surface area contributed by atoms with Gasteiger partial charge < -0.3 is 10.6 Å². The first-order chi connectivity index (χ1) is 8.34. The Morgan fingerprint density at radius 1 is 1.00 bits per heavy atom. The first-order valence-electron chi connectivity index (χ1n) is 5.50. The molecular weight excluding hydrogens is 212 g/mol. The topological polar surface area (TPSA) is 41.1 Å². The molecule has 0 bridgehead atoms. The molecule has 0 aliphatic heterocycles. The summed E-state index contributed by atoms with van der Waals surface area (Å²) in [6.45, 7) is 0. The van der Waals surface area contributed by atoms with Crippen LogP contribution in [0.15, 0.2) is 66.4 Å². The molecule has 3 nitrogen and oxygen atoms in total. The van der Waals surface area contributed by atoms with Gasteiger partial charge >= 0.3 is 6.03 Å². The number of para-hydroxylation sites is 1. The smallest absolute Gasteiger partial charge is 0.311 e. The average molecular weight is 226 g/mol. The van der Waals surface area contributed by atoms with Crippen molar-refractivity contribution in [1.29, 1.82) is 0 Å². The van der Waals surface area contributed by atoms with Crippen molar-refractivity contribution in [2.24, 2.45) is 0 Å². The predicted molar refractivity (Wildman–Crippen MR) is 69.6 cm³/mol. The molecule has 1 aliphatic carbocycles. The number of hydrogen-bond acceptors (Lipinski definition) is 1. The third kappa shape index (κ3) is 3.65. The van der Waals surface area contributed by atoms with Crippen LogP contribution in [0.3, 0.4) is 0 Å². The van der Waals surface area contributed by atoms with Crippen LogP contribution < -0.4 is 10.6 Å². The van der Waals surface area contributed by atoms with Crippen molar-refractivity contribution < 1.29 is 4.79 Å². The second-order valence-electron chi connectivity index (χ2n) is 3.65. The summed E-state index contributed by atoms with van der Waals surface area (Å²) in [5.41, 5.74) is 1.66. The molecule has 2 amide bonds. The van der Waals surface area contributed by atoms with Crippen LogP contribution in [0.5, 0.6) is 0 Å². The Kier molecular flexibility index (Phi) is 3.76. The number of carbonyl (C=O) groups is 1. The van der Waals surface area contributed by atoms with E-state index in [1.165, 1.54) is 0 Å². The van der Waals surface area contributed by atoms with E-state index in [9.17, 15) is 4.79 Å². The second kappa shape index (κ2) is 5.70. The lowest BCUT2D eigenvalue weighted by Gasteiger charge is -2.08. The minimum absolute atomic E-state index is 0.217. The molecule has 2 rings (SSSR count). The Morgan fingerprint density at radius 3 is 2.65 bits per heavy atom. The van der Waals surface area contributed by atoms with Gasteiger partial charge in [-0.25, -0.2) is 4.79 Å². The lowest BCUT2D eigenvalue weighted by atomic mass is 10.3. The molecule has 2 N–H and O–H groups in total. The number of carbonyl (C=O) groups excluding carboxylic acids is 1. The maximum Gasteiger partial charge on any atom is 0.323 e. The third-order valence-corrected chi connectivity index (χ3v) is 2.30. The molecule has 86 valence electrons. The average Bonchev–Trinajstić information content (AvgIpc) is 2.59. The molecule has 0 atom stereocenters. The summed E-state index contributed by atoms with van der Waals surface area (Å²) in [5.74, 6) is 0. The summed E-state index contributed by atoms with van der Waals surface area (Å²) in [7, 11) is 0. The van der Waals surface area contributed by atoms with Gasteiger partial charge in [0.15, 0.2) is 0 Å². The zero-order chi connectivity index (χ0) is 11.9. The predicted octanol–water partition coefficient (Wildman–Crippen LogP) is 3.21. The molecule has 0 heterocycles. The van der Waals surface area contributed by atoms with Gasteiger partial charge in [0.1, 0.15) is 0 Å². The summed E-state index contributed by atoms with van der Waals surface area (Å²) < 4.78 is 0. The molecule has 3 heteroatoms. The van der Waals surface area contributed by atoms with E-state index in [4.69, 9.17) is 0 Å². The fourth-order valence-electron chi connectivity index (χ4n) is 1.50. The van der Waals surface area contributed by atoms with Crippen molar-refractivity contribution in [3.8, 4) is 0 Å². The number of rotatable bonds is 2. The van der Waals surface area contributed by atoms with E-state index in [1.807, 2.05) is 60.7 Å². The summed E-state index contributed by atoms with van der Waals surface area (Å²) in [5, 5.41) is 5.59. The number of hydrogen-bond donors (Lipinski definition) is 2. The summed E-state index contributed by atoms with van der Waals surface area (Å²) in [4.78, 5) is 11.7. The quantitative estimate of drug-likeness (QED) is 0.798. The van der Waals surface area contributed by atoms with E-state index in [0.29, 0.717) is 0 Å². The molecule has 1 aromatic rings. The van der Waals surface area contributed by atoms with Crippen molar-refractivity contribution in [2.45, 2.75) is 6.42 Å². The van der Waals surface area contributed by atoms with Crippen molar-refractivity contribution in [2.75, 3.05) is 5.32 Å². The van der Waals surface area contributed by atoms with Gasteiger partial charge in [-0.15, -0.1) is 0 Å². The number of benzene rings is 1. The molecule has 0 fully saturated rings. The van der Waals surface area contributed by atoms with Crippen molar-refractivity contribution in [1.82, 2.24) is 5.32 Å². The zero-order valence-electron chi connectivity index (χ0n) is 9.39. The van der Waals surface area contributed by atoms with Crippen LogP contribution in [0.4, 0.5) is 10.5 Å². The van der Waals surface area contributed by atoms with Crippen LogP contribution in [-0.2, 0) is 0 Å². The van der Waals surface area contributed by atoms with Gasteiger partial charge in [0.25, 0.3) is 0 Å². The Labute approximate surface area is 101 Å². The number of allylic oxidation sites excluding steroid dienone is 5. The standard InChI is InChI=1S/C14H14N2O/c17-14(16-13-10-6-3-7-11-13)15-12-8-4-1-2-5-9-12/h1-8,10-11H,9H2,(H2,15,16,17). The van der Waals surface area contributed by atoms with Crippen LogP contribution in [-0.4, -0.2) is 6.03 Å². The zero-order valence-corrected chi connectivity index (χ0v) is 9.39. The number of anilines is 1. The van der Waals surface area contributed by atoms with Gasteiger partial charge in [-0.2, -0.15) is 0 Å². The maximum absolute atomic E-state index is 11.7. The monoisotopic (exact) mass is 226 g/mol. The van der Waals surface area contributed by atoms with E-state index in [0.717, 1.165) is 17.8 Å². The lowest BCUT2D eigenvalue weighted by Crippen LogP contribution is -2.27. The molecule has 0 aromatic heterocycles. The SMILES string of the molecule is O=C(NC1=CC=CC=CC1)Nc1ccccc1. The molecule has 0 radical (unpaired) electrons. The molecule has 17 heavy (non-hydrogen) atoms. The Bertz CT molecular complexity index is 472. The van der Waals surface area contributed by atoms with Gasteiger partial charge in [-0.05, 0) is 18.2 Å². The highest BCUT2D eigenvalue weighted by Gasteiger charge is 2.03. The highest BCUT2D eigenvalue weighted by Crippen LogP contribution is 2.07. The van der Waals surface area contributed by atoms with E-state index >= 15 is 0 Å². The first-order valence-corrected chi connectivity index (χ1v) is 5.50. The van der Waals surface area contributed by atoms with Gasteiger partial charge in [-0.1, -0.05) is 42.5 Å². The third-order valence-electron chi connectivity index (χ3n) is 2.30. The number of urea groups is 1. The van der Waals surface area contributed by atoms with E-state index in [-0.39, 0.29) is 6.03 Å². The largest absolute Gasteiger partial charge is 0.323 e. The number of amides is 2. The molecule has 0 saturated heterocycles. The van der Waals surface area contributed by atoms with Crippen molar-refractivity contribution in [3.05, 3.63) is 66.4 Å². The fraction of sp³-hybridized carbons (Fsp3) is 0.0714. The normalized spacial score (nSPS) is 13.8. The van der Waals surface area contributed by atoms with Crippen molar-refractivity contribution >= 4 is 11.7 Å². The van der Waals surface area contributed by atoms with Crippen LogP contribution >= 0.6 is 0 Å². The van der Waals surface area contributed by atoms with Gasteiger partial charge in [0, 0.05) is 17.8 Å². The molecule has 1 aliphatic rings. The fourth-order valence-corrected chi connectivity index (χ4v) is 1.50. The lowest BCUT2D eigenvalue weighted by molar-refractivity contribution is 0.254. The Balaban J connectivity index is 1.92. The van der Waals surface area contributed by atoms with Crippen LogP contribution in [0, 0.1) is 0 Å². The minimum Gasteiger partial charge on any atom is -0.311 e. The summed E-state index contributed by atoms with van der Waals surface area (Å²) >= 11 is 0. The molecule has 0 saturated carbocycles. The Hall–Kier alpha value is -2.29. The van der Waals surface area contributed by atoms with Gasteiger partial charge in [0.2, 0.25) is 0 Å². The molecular formula is C14H14N2O. The van der Waals surface area contributed by atoms with E-state index < -0.39 is 0 Å². The van der Waals surface area contributed by atoms with Gasteiger partial charge in [-0.3, -0.25) is 0 Å². The number of nitrogens with one attached hydrogen (secondary N) is 2. The first kappa shape index (κ1) is 11.2. The van der Waals surface area contributed by atoms with Crippen LogP contribution in [0.2, 0.25) is 0 Å².